The summed E-state index contributed by atoms with van der Waals surface area (Å²) in [5.41, 5.74) is -5.74. The summed E-state index contributed by atoms with van der Waals surface area (Å²) in [6.07, 6.45) is 1.09. The lowest BCUT2D eigenvalue weighted by molar-refractivity contribution is -0.0441. The van der Waals surface area contributed by atoms with Crippen molar-refractivity contribution in [2.45, 2.75) is 10.6 Å². The summed E-state index contributed by atoms with van der Waals surface area (Å²) in [7, 11) is -11.0. The number of halogens is 3. The monoisotopic (exact) mass is 305 g/mol. The van der Waals surface area contributed by atoms with Gasteiger partial charge in [0.05, 0.1) is 0 Å². The van der Waals surface area contributed by atoms with Crippen molar-refractivity contribution in [1.82, 2.24) is 4.13 Å². The van der Waals surface area contributed by atoms with E-state index in [4.69, 9.17) is 0 Å². The molecule has 0 saturated carbocycles. The smallest absolute Gasteiger partial charge is 0.444 e. The average Bonchev–Trinajstić information content (AvgIpc) is 2.62. The Morgan fingerprint density at radius 2 is 1.78 bits per heavy atom. The number of nitrogens with one attached hydrogen (secondary N) is 1. The zero-order chi connectivity index (χ0) is 14.2. The van der Waals surface area contributed by atoms with Gasteiger partial charge in [-0.15, -0.1) is 0 Å². The second-order valence-corrected chi connectivity index (χ2v) is 6.44. The minimum atomic E-state index is -6.02. The van der Waals surface area contributed by atoms with E-state index < -0.39 is 30.6 Å². The van der Waals surface area contributed by atoms with E-state index in [1.807, 2.05) is 0 Å². The maximum Gasteiger partial charge on any atom is 0.512 e. The Morgan fingerprint density at radius 3 is 2.17 bits per heavy atom. The van der Waals surface area contributed by atoms with Crippen molar-refractivity contribution in [2.24, 2.45) is 0 Å². The van der Waals surface area contributed by atoms with Gasteiger partial charge in [0.1, 0.15) is 5.76 Å². The molecule has 11 heteroatoms. The number of hydrogen-bond acceptors (Lipinski definition) is 5. The molecule has 0 aliphatic heterocycles. The molecule has 18 heavy (non-hydrogen) atoms. The number of furan rings is 1. The topological polar surface area (TPSA) is 93.5 Å². The molecule has 0 radical (unpaired) electrons. The molecule has 0 bridgehead atoms. The minimum absolute atomic E-state index is 0.0419. The van der Waals surface area contributed by atoms with Crippen LogP contribution < -0.4 is 4.13 Å². The molecule has 1 aromatic rings. The van der Waals surface area contributed by atoms with Crippen LogP contribution in [0.25, 0.3) is 6.08 Å². The SMILES string of the molecule is C=Cc1ccc(S(=O)(=O)NS(=O)(=O)C(F)(F)F)o1. The summed E-state index contributed by atoms with van der Waals surface area (Å²) in [5.74, 6) is -0.0419. The molecule has 1 heterocycles. The van der Waals surface area contributed by atoms with E-state index in [-0.39, 0.29) is 5.76 Å². The first kappa shape index (κ1) is 14.7. The van der Waals surface area contributed by atoms with Crippen molar-refractivity contribution in [1.29, 1.82) is 0 Å². The highest BCUT2D eigenvalue weighted by Gasteiger charge is 2.48. The van der Waals surface area contributed by atoms with Crippen LogP contribution in [0.5, 0.6) is 0 Å². The van der Waals surface area contributed by atoms with Gasteiger partial charge in [0.25, 0.3) is 10.0 Å². The highest BCUT2D eigenvalue weighted by Crippen LogP contribution is 2.24. The summed E-state index contributed by atoms with van der Waals surface area (Å²) in [4.78, 5) is 0. The van der Waals surface area contributed by atoms with Gasteiger partial charge in [0.15, 0.2) is 0 Å². The van der Waals surface area contributed by atoms with Gasteiger partial charge in [-0.05, 0) is 18.2 Å². The van der Waals surface area contributed by atoms with Crippen LogP contribution in [0.1, 0.15) is 5.76 Å². The molecule has 1 rings (SSSR count). The van der Waals surface area contributed by atoms with Crippen molar-refractivity contribution in [3.63, 3.8) is 0 Å². The number of hydrogen-bond donors (Lipinski definition) is 1. The van der Waals surface area contributed by atoms with Crippen molar-refractivity contribution in [3.05, 3.63) is 24.5 Å². The summed E-state index contributed by atoms with van der Waals surface area (Å²) in [5, 5.41) is -0.967. The van der Waals surface area contributed by atoms with Crippen LogP contribution in [-0.2, 0) is 20.0 Å². The molecule has 0 fully saturated rings. The van der Waals surface area contributed by atoms with Crippen LogP contribution in [0.15, 0.2) is 28.2 Å². The number of rotatable bonds is 4. The van der Waals surface area contributed by atoms with E-state index in [0.29, 0.717) is 4.13 Å². The molecule has 0 amide bonds. The molecule has 0 aromatic carbocycles. The molecule has 0 spiro atoms. The van der Waals surface area contributed by atoms with Gasteiger partial charge in [-0.25, -0.2) is 16.8 Å². The Morgan fingerprint density at radius 1 is 1.22 bits per heavy atom. The third kappa shape index (κ3) is 2.91. The maximum atomic E-state index is 12.0. The Hall–Kier alpha value is -1.33. The van der Waals surface area contributed by atoms with Gasteiger partial charge in [-0.1, -0.05) is 10.7 Å². The Balaban J connectivity index is 3.14. The molecule has 0 unspecified atom stereocenters. The summed E-state index contributed by atoms with van der Waals surface area (Å²) >= 11 is 0. The van der Waals surface area contributed by atoms with Crippen LogP contribution in [0, 0.1) is 0 Å². The van der Waals surface area contributed by atoms with Gasteiger partial charge in [-0.2, -0.15) is 13.2 Å². The molecular formula is C7H6F3NO5S2. The lowest BCUT2D eigenvalue weighted by Crippen LogP contribution is -2.40. The van der Waals surface area contributed by atoms with Crippen molar-refractivity contribution in [3.8, 4) is 0 Å². The first-order valence-corrected chi connectivity index (χ1v) is 7.03. The fourth-order valence-electron chi connectivity index (χ4n) is 0.821. The maximum absolute atomic E-state index is 12.0. The summed E-state index contributed by atoms with van der Waals surface area (Å²) in [6.45, 7) is 3.23. The second kappa shape index (κ2) is 4.40. The van der Waals surface area contributed by atoms with Crippen LogP contribution in [0.3, 0.4) is 0 Å². The van der Waals surface area contributed by atoms with E-state index in [1.165, 1.54) is 0 Å². The predicted octanol–water partition coefficient (Wildman–Crippen LogP) is 1.05. The summed E-state index contributed by atoms with van der Waals surface area (Å²) < 4.78 is 84.9. The molecule has 0 saturated heterocycles. The Bertz CT molecular complexity index is 655. The van der Waals surface area contributed by atoms with E-state index in [1.54, 1.807) is 0 Å². The predicted molar refractivity (Wildman–Crippen MR) is 54.1 cm³/mol. The number of alkyl halides is 3. The fourth-order valence-corrected chi connectivity index (χ4v) is 3.14. The van der Waals surface area contributed by atoms with Gasteiger partial charge in [0.2, 0.25) is 5.09 Å². The summed E-state index contributed by atoms with van der Waals surface area (Å²) in [6, 6.07) is 1.90. The van der Waals surface area contributed by atoms with Gasteiger partial charge < -0.3 is 4.42 Å². The molecular weight excluding hydrogens is 299 g/mol. The quantitative estimate of drug-likeness (QED) is 0.897. The first-order valence-electron chi connectivity index (χ1n) is 4.07. The Kier molecular flexibility index (Phi) is 3.60. The first-order chi connectivity index (χ1) is 7.99. The zero-order valence-corrected chi connectivity index (χ0v) is 10.1. The van der Waals surface area contributed by atoms with Crippen molar-refractivity contribution in [2.75, 3.05) is 0 Å². The fraction of sp³-hybridized carbons (Fsp3) is 0.143. The molecule has 102 valence electrons. The van der Waals surface area contributed by atoms with E-state index >= 15 is 0 Å². The molecule has 0 aliphatic carbocycles. The van der Waals surface area contributed by atoms with Crippen molar-refractivity contribution >= 4 is 26.1 Å². The van der Waals surface area contributed by atoms with Crippen LogP contribution in [0.4, 0.5) is 13.2 Å². The van der Waals surface area contributed by atoms with Crippen LogP contribution in [0.2, 0.25) is 0 Å². The lowest BCUT2D eigenvalue weighted by Gasteiger charge is -2.08. The Labute approximate surface area is 100 Å². The highest BCUT2D eigenvalue weighted by molar-refractivity contribution is 8.05. The van der Waals surface area contributed by atoms with E-state index in [0.717, 1.165) is 18.2 Å². The third-order valence-electron chi connectivity index (χ3n) is 1.59. The van der Waals surface area contributed by atoms with Crippen LogP contribution >= 0.6 is 0 Å². The highest BCUT2D eigenvalue weighted by atomic mass is 32.3. The average molecular weight is 305 g/mol. The zero-order valence-electron chi connectivity index (χ0n) is 8.43. The molecule has 1 aromatic heterocycles. The van der Waals surface area contributed by atoms with Crippen LogP contribution in [-0.4, -0.2) is 22.3 Å². The van der Waals surface area contributed by atoms with Gasteiger partial charge >= 0.3 is 15.5 Å². The number of sulfonamides is 2. The lowest BCUT2D eigenvalue weighted by atomic mass is 10.5. The second-order valence-electron chi connectivity index (χ2n) is 2.90. The molecule has 0 atom stereocenters. The third-order valence-corrected chi connectivity index (χ3v) is 4.71. The van der Waals surface area contributed by atoms with E-state index in [9.17, 15) is 30.0 Å². The van der Waals surface area contributed by atoms with Crippen molar-refractivity contribution < 1.29 is 34.4 Å². The molecule has 1 N–H and O–H groups in total. The van der Waals surface area contributed by atoms with Gasteiger partial charge in [-0.3, -0.25) is 0 Å². The minimum Gasteiger partial charge on any atom is -0.444 e. The molecule has 6 nitrogen and oxygen atoms in total. The standard InChI is InChI=1S/C7H6F3NO5S2/c1-2-5-3-4-6(16-5)17(12,13)11-18(14,15)7(8,9)10/h2-4,11H,1H2. The largest absolute Gasteiger partial charge is 0.512 e. The van der Waals surface area contributed by atoms with E-state index in [2.05, 4.69) is 11.0 Å². The van der Waals surface area contributed by atoms with Gasteiger partial charge in [0, 0.05) is 0 Å². The normalized spacial score (nSPS) is 13.5. The molecule has 0 aliphatic rings.